The largest absolute Gasteiger partial charge is 0.459 e. The van der Waals surface area contributed by atoms with Gasteiger partial charge in [-0.3, -0.25) is 4.79 Å². The van der Waals surface area contributed by atoms with Gasteiger partial charge in [0, 0.05) is 36.0 Å². The molecule has 0 aliphatic heterocycles. The molecule has 0 bridgehead atoms. The van der Waals surface area contributed by atoms with Crippen molar-refractivity contribution >= 4 is 33.8 Å². The topological polar surface area (TPSA) is 108 Å². The number of furan rings is 1. The van der Waals surface area contributed by atoms with Gasteiger partial charge in [-0.2, -0.15) is 0 Å². The highest BCUT2D eigenvalue weighted by Crippen LogP contribution is 2.25. The van der Waals surface area contributed by atoms with Crippen molar-refractivity contribution in [1.29, 1.82) is 0 Å². The van der Waals surface area contributed by atoms with Crippen LogP contribution in [0.5, 0.6) is 0 Å². The molecule has 39 heavy (non-hydrogen) atoms. The summed E-state index contributed by atoms with van der Waals surface area (Å²) < 4.78 is 11.4. The molecule has 8 heteroatoms. The minimum atomic E-state index is -1.39. The maximum Gasteiger partial charge on any atom is 0.316 e. The number of hydrogen-bond donors (Lipinski definition) is 4. The van der Waals surface area contributed by atoms with Gasteiger partial charge in [0.25, 0.3) is 0 Å². The van der Waals surface area contributed by atoms with Gasteiger partial charge >= 0.3 is 6.03 Å². The summed E-state index contributed by atoms with van der Waals surface area (Å²) in [7, 11) is 1.52. The number of aromatic nitrogens is 1. The van der Waals surface area contributed by atoms with Crippen LogP contribution >= 0.6 is 0 Å². The van der Waals surface area contributed by atoms with E-state index in [1.54, 1.807) is 0 Å². The smallest absolute Gasteiger partial charge is 0.316 e. The van der Waals surface area contributed by atoms with Crippen molar-refractivity contribution in [3.8, 4) is 0 Å². The minimum Gasteiger partial charge on any atom is -0.459 e. The fraction of sp³-hybridized carbons (Fsp3) is 0.226. The Morgan fingerprint density at radius 2 is 1.74 bits per heavy atom. The summed E-state index contributed by atoms with van der Waals surface area (Å²) in [4.78, 5) is 30.5. The first kappa shape index (κ1) is 26.1. The fourth-order valence-electron chi connectivity index (χ4n) is 4.90. The number of carbonyl (C=O) groups is 2. The van der Waals surface area contributed by atoms with E-state index in [-0.39, 0.29) is 31.5 Å². The molecular weight excluding hydrogens is 492 g/mol. The van der Waals surface area contributed by atoms with E-state index in [2.05, 4.69) is 20.9 Å². The number of ether oxygens (including phenoxy) is 1. The average molecular weight is 525 g/mol. The van der Waals surface area contributed by atoms with Crippen molar-refractivity contribution < 1.29 is 18.7 Å². The number of methoxy groups -OCH3 is 1. The summed E-state index contributed by atoms with van der Waals surface area (Å²) in [5.41, 5.74) is 2.16. The van der Waals surface area contributed by atoms with Crippen molar-refractivity contribution in [2.75, 3.05) is 13.7 Å². The molecule has 2 aromatic heterocycles. The number of H-pyrrole nitrogens is 1. The summed E-state index contributed by atoms with van der Waals surface area (Å²) in [5, 5.41) is 10.8. The predicted octanol–water partition coefficient (Wildman–Crippen LogP) is 5.22. The van der Waals surface area contributed by atoms with E-state index >= 15 is 0 Å². The van der Waals surface area contributed by atoms with Crippen LogP contribution in [-0.2, 0) is 22.5 Å². The van der Waals surface area contributed by atoms with Crippen LogP contribution in [0.3, 0.4) is 0 Å². The minimum absolute atomic E-state index is 0.0299. The molecule has 3 aromatic carbocycles. The lowest BCUT2D eigenvalue weighted by atomic mass is 9.89. The molecule has 3 amide bonds. The summed E-state index contributed by atoms with van der Waals surface area (Å²) in [6, 6.07) is 26.3. The Kier molecular flexibility index (Phi) is 7.65. The van der Waals surface area contributed by atoms with Crippen molar-refractivity contribution in [3.63, 3.8) is 0 Å². The van der Waals surface area contributed by atoms with Crippen LogP contribution in [0.25, 0.3) is 21.9 Å². The second-order valence-corrected chi connectivity index (χ2v) is 9.72. The third-order valence-electron chi connectivity index (χ3n) is 6.89. The second-order valence-electron chi connectivity index (χ2n) is 9.72. The molecule has 4 N–H and O–H groups in total. The highest BCUT2D eigenvalue weighted by Gasteiger charge is 2.41. The molecule has 2 heterocycles. The predicted molar refractivity (Wildman–Crippen MR) is 151 cm³/mol. The van der Waals surface area contributed by atoms with Crippen LogP contribution in [-0.4, -0.2) is 36.2 Å². The number of urea groups is 1. The standard InChI is InChI=1S/C31H32N4O4/c1-21(22-10-4-3-5-11-22)34-29(36)31(20-38-2,17-24-18-32-27-14-8-7-13-26(24)27)35-30(37)33-19-25-16-23-12-6-9-15-28(23)39-25/h3-16,18,21,32H,17,19-20H2,1-2H3,(H,34,36)(H2,33,35,37)/t21-,31-/m0/s1. The molecule has 8 nitrogen and oxygen atoms in total. The lowest BCUT2D eigenvalue weighted by Gasteiger charge is -2.34. The first-order valence-electron chi connectivity index (χ1n) is 12.9. The molecule has 5 rings (SSSR count). The molecule has 0 aliphatic rings. The van der Waals surface area contributed by atoms with Crippen LogP contribution < -0.4 is 16.0 Å². The van der Waals surface area contributed by atoms with Crippen molar-refractivity contribution in [3.05, 3.63) is 108 Å². The van der Waals surface area contributed by atoms with Crippen LogP contribution in [0.1, 0.15) is 29.9 Å². The molecule has 0 saturated carbocycles. The monoisotopic (exact) mass is 524 g/mol. The fourth-order valence-corrected chi connectivity index (χ4v) is 4.90. The first-order valence-corrected chi connectivity index (χ1v) is 12.9. The normalized spacial score (nSPS) is 13.6. The Hall–Kier alpha value is -4.56. The molecule has 5 aromatic rings. The Labute approximate surface area is 226 Å². The van der Waals surface area contributed by atoms with Gasteiger partial charge in [0.2, 0.25) is 5.91 Å². The number of fused-ring (bicyclic) bond motifs is 2. The van der Waals surface area contributed by atoms with E-state index in [1.165, 1.54) is 7.11 Å². The van der Waals surface area contributed by atoms with Crippen molar-refractivity contribution in [2.45, 2.75) is 31.5 Å². The molecule has 2 atom stereocenters. The van der Waals surface area contributed by atoms with Gasteiger partial charge < -0.3 is 30.1 Å². The average Bonchev–Trinajstić information content (AvgIpc) is 3.56. The molecule has 0 radical (unpaired) electrons. The molecule has 0 unspecified atom stereocenters. The second kappa shape index (κ2) is 11.4. The van der Waals surface area contributed by atoms with E-state index in [0.29, 0.717) is 5.76 Å². The zero-order chi connectivity index (χ0) is 27.2. The van der Waals surface area contributed by atoms with Gasteiger partial charge in [-0.1, -0.05) is 66.7 Å². The van der Waals surface area contributed by atoms with Gasteiger partial charge in [-0.05, 0) is 36.2 Å². The van der Waals surface area contributed by atoms with Gasteiger partial charge in [-0.25, -0.2) is 4.79 Å². The number of rotatable bonds is 10. The number of hydrogen-bond acceptors (Lipinski definition) is 4. The van der Waals surface area contributed by atoms with Gasteiger partial charge in [0.15, 0.2) is 0 Å². The number of benzene rings is 3. The Bertz CT molecular complexity index is 1540. The first-order chi connectivity index (χ1) is 19.0. The number of carbonyl (C=O) groups excluding carboxylic acids is 2. The number of aromatic amines is 1. The molecule has 0 fully saturated rings. The Morgan fingerprint density at radius 3 is 2.54 bits per heavy atom. The number of nitrogens with one attached hydrogen (secondary N) is 4. The van der Waals surface area contributed by atoms with Crippen molar-refractivity contribution in [2.24, 2.45) is 0 Å². The van der Waals surface area contributed by atoms with Crippen LogP contribution in [0.4, 0.5) is 4.79 Å². The summed E-state index contributed by atoms with van der Waals surface area (Å²) >= 11 is 0. The van der Waals surface area contributed by atoms with E-state index < -0.39 is 11.6 Å². The molecule has 0 saturated heterocycles. The highest BCUT2D eigenvalue weighted by molar-refractivity contribution is 5.93. The molecule has 0 aliphatic carbocycles. The SMILES string of the molecule is COC[C@](Cc1c[nH]c2ccccc12)(NC(=O)NCc1cc2ccccc2o1)C(=O)N[C@@H](C)c1ccccc1. The number of amides is 3. The molecular formula is C31H32N4O4. The third kappa shape index (κ3) is 5.81. The summed E-state index contributed by atoms with van der Waals surface area (Å²) in [6.07, 6.45) is 2.09. The zero-order valence-corrected chi connectivity index (χ0v) is 22.0. The van der Waals surface area contributed by atoms with Crippen LogP contribution in [0, 0.1) is 0 Å². The van der Waals surface area contributed by atoms with E-state index in [0.717, 1.165) is 33.0 Å². The summed E-state index contributed by atoms with van der Waals surface area (Å²) in [6.45, 7) is 2.05. The highest BCUT2D eigenvalue weighted by atomic mass is 16.5. The maximum atomic E-state index is 14.0. The lowest BCUT2D eigenvalue weighted by Crippen LogP contribution is -2.64. The third-order valence-corrected chi connectivity index (χ3v) is 6.89. The van der Waals surface area contributed by atoms with E-state index in [1.807, 2.05) is 98.0 Å². The van der Waals surface area contributed by atoms with Crippen LogP contribution in [0.2, 0.25) is 0 Å². The van der Waals surface area contributed by atoms with Gasteiger partial charge in [0.1, 0.15) is 16.9 Å². The number of para-hydroxylation sites is 2. The van der Waals surface area contributed by atoms with Gasteiger partial charge in [-0.15, -0.1) is 0 Å². The molecule has 0 spiro atoms. The van der Waals surface area contributed by atoms with Gasteiger partial charge in [0.05, 0.1) is 19.2 Å². The van der Waals surface area contributed by atoms with E-state index in [9.17, 15) is 9.59 Å². The van der Waals surface area contributed by atoms with E-state index in [4.69, 9.17) is 9.15 Å². The van der Waals surface area contributed by atoms with Crippen LogP contribution in [0.15, 0.2) is 95.5 Å². The Balaban J connectivity index is 1.40. The maximum absolute atomic E-state index is 14.0. The van der Waals surface area contributed by atoms with Crippen molar-refractivity contribution in [1.82, 2.24) is 20.9 Å². The summed E-state index contributed by atoms with van der Waals surface area (Å²) in [5.74, 6) is 0.271. The zero-order valence-electron chi connectivity index (χ0n) is 22.0. The Morgan fingerprint density at radius 1 is 1.00 bits per heavy atom. The lowest BCUT2D eigenvalue weighted by molar-refractivity contribution is -0.130. The molecule has 200 valence electrons. The quantitative estimate of drug-likeness (QED) is 0.201.